The molecule has 1 heterocycles. The first-order valence-corrected chi connectivity index (χ1v) is 12.0. The zero-order valence-electron chi connectivity index (χ0n) is 21.2. The highest BCUT2D eigenvalue weighted by atomic mass is 19.4. The molecule has 0 amide bonds. The summed E-state index contributed by atoms with van der Waals surface area (Å²) in [4.78, 5) is 28.2. The van der Waals surface area contributed by atoms with Crippen molar-refractivity contribution in [2.24, 2.45) is 10.9 Å². The third-order valence-corrected chi connectivity index (χ3v) is 6.38. The number of nitrogens with zero attached hydrogens (tertiary/aromatic N) is 2. The number of rotatable bonds is 8. The van der Waals surface area contributed by atoms with E-state index in [1.165, 1.54) is 44.2 Å². The zero-order valence-corrected chi connectivity index (χ0v) is 21.2. The number of carbonyl (C=O) groups excluding carboxylic acids is 1. The molecule has 0 spiro atoms. The van der Waals surface area contributed by atoms with Crippen LogP contribution in [0.4, 0.5) is 22.0 Å². The number of alkyl halides is 3. The molecule has 0 radical (unpaired) electrons. The number of ether oxygens (including phenoxy) is 2. The normalized spacial score (nSPS) is 17.3. The van der Waals surface area contributed by atoms with Crippen molar-refractivity contribution in [1.29, 1.82) is 0 Å². The van der Waals surface area contributed by atoms with E-state index in [-0.39, 0.29) is 23.4 Å². The van der Waals surface area contributed by atoms with Crippen molar-refractivity contribution in [3.63, 3.8) is 0 Å². The van der Waals surface area contributed by atoms with Crippen molar-refractivity contribution < 1.29 is 41.1 Å². The van der Waals surface area contributed by atoms with Gasteiger partial charge >= 0.3 is 12.3 Å². The second-order valence-corrected chi connectivity index (χ2v) is 9.80. The molecule has 2 atom stereocenters. The number of halogens is 5. The summed E-state index contributed by atoms with van der Waals surface area (Å²) >= 11 is 0. The van der Waals surface area contributed by atoms with E-state index in [1.54, 1.807) is 24.3 Å². The van der Waals surface area contributed by atoms with Crippen molar-refractivity contribution in [3.8, 4) is 16.9 Å². The van der Waals surface area contributed by atoms with Gasteiger partial charge in [-0.3, -0.25) is 19.9 Å². The monoisotopic (exact) mass is 562 g/mol. The largest absolute Gasteiger partial charge is 0.573 e. The molecule has 0 saturated carbocycles. The first kappa shape index (κ1) is 28.7. The third-order valence-electron chi connectivity index (χ3n) is 6.38. The summed E-state index contributed by atoms with van der Waals surface area (Å²) in [5.41, 5.74) is -0.179. The molecule has 0 N–H and O–H groups in total. The van der Waals surface area contributed by atoms with E-state index in [9.17, 15) is 36.9 Å². The Labute approximate surface area is 225 Å². The number of nitro groups is 1. The molecular weight excluding hydrogens is 539 g/mol. The van der Waals surface area contributed by atoms with E-state index in [4.69, 9.17) is 4.74 Å². The van der Waals surface area contributed by atoms with Gasteiger partial charge in [-0.15, -0.1) is 13.2 Å². The quantitative estimate of drug-likeness (QED) is 0.132. The molecule has 4 rings (SSSR count). The fourth-order valence-electron chi connectivity index (χ4n) is 4.22. The van der Waals surface area contributed by atoms with Gasteiger partial charge in [0.25, 0.3) is 0 Å². The molecule has 0 aliphatic carbocycles. The first-order chi connectivity index (χ1) is 18.7. The zero-order chi connectivity index (χ0) is 29.2. The minimum atomic E-state index is -4.81. The number of hydrogen-bond donors (Lipinski definition) is 0. The van der Waals surface area contributed by atoms with Crippen LogP contribution in [0.1, 0.15) is 37.4 Å². The standard InChI is InChI=1S/C28H23F5N2O5/c1-27(2,35(37)38)15-39-26(36)20-14-23(24-21(29)4-3-5-22(24)30)34-25(20)18-8-6-16(7-9-18)17-10-12-19(13-11-17)40-28(31,32)33/h3-13,20,25H,14-15H2,1-2H3/t20-,25?/m0/s1. The van der Waals surface area contributed by atoms with Gasteiger partial charge in [0.2, 0.25) is 5.54 Å². The highest BCUT2D eigenvalue weighted by molar-refractivity contribution is 6.04. The van der Waals surface area contributed by atoms with Crippen molar-refractivity contribution in [1.82, 2.24) is 0 Å². The Morgan fingerprint density at radius 2 is 1.52 bits per heavy atom. The van der Waals surface area contributed by atoms with Gasteiger partial charge in [0, 0.05) is 30.9 Å². The fourth-order valence-corrected chi connectivity index (χ4v) is 4.22. The van der Waals surface area contributed by atoms with Crippen LogP contribution in [0.5, 0.6) is 5.75 Å². The maximum Gasteiger partial charge on any atom is 0.573 e. The molecule has 1 unspecified atom stereocenters. The van der Waals surface area contributed by atoms with Crippen LogP contribution in [0.3, 0.4) is 0 Å². The Morgan fingerprint density at radius 1 is 0.975 bits per heavy atom. The summed E-state index contributed by atoms with van der Waals surface area (Å²) in [7, 11) is 0. The number of benzene rings is 3. The summed E-state index contributed by atoms with van der Waals surface area (Å²) in [5, 5.41) is 11.2. The van der Waals surface area contributed by atoms with Gasteiger partial charge in [-0.1, -0.05) is 42.5 Å². The van der Waals surface area contributed by atoms with E-state index in [0.717, 1.165) is 12.1 Å². The van der Waals surface area contributed by atoms with Crippen molar-refractivity contribution in [2.45, 2.75) is 38.2 Å². The lowest BCUT2D eigenvalue weighted by atomic mass is 9.90. The third kappa shape index (κ3) is 6.44. The first-order valence-electron chi connectivity index (χ1n) is 12.0. The summed E-state index contributed by atoms with van der Waals surface area (Å²) in [6.45, 7) is 2.07. The molecule has 210 valence electrons. The lowest BCUT2D eigenvalue weighted by Gasteiger charge is -2.20. The maximum absolute atomic E-state index is 14.5. The average molecular weight is 562 g/mol. The molecule has 3 aromatic carbocycles. The summed E-state index contributed by atoms with van der Waals surface area (Å²) < 4.78 is 75.5. The van der Waals surface area contributed by atoms with Crippen LogP contribution >= 0.6 is 0 Å². The van der Waals surface area contributed by atoms with Gasteiger partial charge in [-0.2, -0.15) is 0 Å². The Kier molecular flexibility index (Phi) is 7.90. The van der Waals surface area contributed by atoms with E-state index in [2.05, 4.69) is 9.73 Å². The fraction of sp³-hybridized carbons (Fsp3) is 0.286. The van der Waals surface area contributed by atoms with Gasteiger partial charge in [-0.05, 0) is 41.0 Å². The lowest BCUT2D eigenvalue weighted by Crippen LogP contribution is -2.38. The molecular formula is C28H23F5N2O5. The SMILES string of the molecule is CC(C)(COC(=O)[C@H]1CC(c2c(F)cccc2F)=NC1c1ccc(-c2ccc(OC(F)(F)F)cc2)cc1)[N+](=O)[O-]. The molecule has 0 saturated heterocycles. The molecule has 1 aliphatic heterocycles. The summed E-state index contributed by atoms with van der Waals surface area (Å²) in [6.07, 6.45) is -4.98. The Morgan fingerprint density at radius 3 is 2.05 bits per heavy atom. The van der Waals surface area contributed by atoms with Crippen LogP contribution in [0.25, 0.3) is 11.1 Å². The molecule has 0 bridgehead atoms. The summed E-state index contributed by atoms with van der Waals surface area (Å²) in [5.74, 6) is -3.90. The molecule has 3 aromatic rings. The molecule has 7 nitrogen and oxygen atoms in total. The Balaban J connectivity index is 1.62. The highest BCUT2D eigenvalue weighted by Crippen LogP contribution is 2.39. The molecule has 0 fully saturated rings. The van der Waals surface area contributed by atoms with Crippen molar-refractivity contribution >= 4 is 11.7 Å². The maximum atomic E-state index is 14.5. The van der Waals surface area contributed by atoms with E-state index < -0.39 is 53.0 Å². The number of aliphatic imine (C=N–C) groups is 1. The van der Waals surface area contributed by atoms with Crippen LogP contribution in [0.2, 0.25) is 0 Å². The van der Waals surface area contributed by atoms with E-state index >= 15 is 0 Å². The minimum Gasteiger partial charge on any atom is -0.458 e. The van der Waals surface area contributed by atoms with Crippen molar-refractivity contribution in [3.05, 3.63) is 99.6 Å². The number of carbonyl (C=O) groups is 1. The van der Waals surface area contributed by atoms with Gasteiger partial charge in [0.1, 0.15) is 17.4 Å². The highest BCUT2D eigenvalue weighted by Gasteiger charge is 2.41. The smallest absolute Gasteiger partial charge is 0.458 e. The van der Waals surface area contributed by atoms with Gasteiger partial charge in [0.15, 0.2) is 6.61 Å². The van der Waals surface area contributed by atoms with E-state index in [0.29, 0.717) is 16.7 Å². The average Bonchev–Trinajstić information content (AvgIpc) is 3.32. The van der Waals surface area contributed by atoms with Crippen molar-refractivity contribution in [2.75, 3.05) is 6.61 Å². The molecule has 40 heavy (non-hydrogen) atoms. The second-order valence-electron chi connectivity index (χ2n) is 9.80. The lowest BCUT2D eigenvalue weighted by molar-refractivity contribution is -0.563. The van der Waals surface area contributed by atoms with Crippen LogP contribution < -0.4 is 4.74 Å². The topological polar surface area (TPSA) is 91.0 Å². The van der Waals surface area contributed by atoms with Crippen LogP contribution in [0, 0.1) is 27.7 Å². The number of hydrogen-bond acceptors (Lipinski definition) is 6. The van der Waals surface area contributed by atoms with E-state index in [1.807, 2.05) is 0 Å². The Bertz CT molecular complexity index is 1420. The summed E-state index contributed by atoms with van der Waals surface area (Å²) in [6, 6.07) is 14.2. The number of esters is 1. The Hall–Kier alpha value is -4.35. The molecule has 1 aliphatic rings. The second kappa shape index (κ2) is 11.0. The predicted molar refractivity (Wildman–Crippen MR) is 134 cm³/mol. The van der Waals surface area contributed by atoms with Gasteiger partial charge in [-0.25, -0.2) is 8.78 Å². The minimum absolute atomic E-state index is 0.0143. The van der Waals surface area contributed by atoms with Gasteiger partial charge < -0.3 is 9.47 Å². The molecule has 12 heteroatoms. The van der Waals surface area contributed by atoms with Crippen LogP contribution in [-0.4, -0.2) is 35.1 Å². The predicted octanol–water partition coefficient (Wildman–Crippen LogP) is 6.68. The van der Waals surface area contributed by atoms with Crippen LogP contribution in [0.15, 0.2) is 71.7 Å². The van der Waals surface area contributed by atoms with Crippen LogP contribution in [-0.2, 0) is 9.53 Å². The molecule has 0 aromatic heterocycles. The van der Waals surface area contributed by atoms with Gasteiger partial charge in [0.05, 0.1) is 17.5 Å².